The van der Waals surface area contributed by atoms with Gasteiger partial charge in [0.15, 0.2) is 12.4 Å². The fourth-order valence-electron chi connectivity index (χ4n) is 1.87. The van der Waals surface area contributed by atoms with Crippen LogP contribution < -0.4 is 4.74 Å². The summed E-state index contributed by atoms with van der Waals surface area (Å²) < 4.78 is 11.6. The Morgan fingerprint density at radius 3 is 3.00 bits per heavy atom. The number of hydrogen-bond acceptors (Lipinski definition) is 5. The second-order valence-corrected chi connectivity index (χ2v) is 5.72. The summed E-state index contributed by atoms with van der Waals surface area (Å²) in [5.41, 5.74) is 0.533. The zero-order valence-electron chi connectivity index (χ0n) is 10.9. The molecular weight excluding hydrogens is 324 g/mol. The molecule has 3 rings (SSSR count). The molecule has 0 atom stereocenters. The maximum atomic E-state index is 11.6. The normalized spacial score (nSPS) is 14.3. The van der Waals surface area contributed by atoms with Gasteiger partial charge in [-0.25, -0.2) is 0 Å². The fourth-order valence-corrected chi connectivity index (χ4v) is 2.23. The van der Waals surface area contributed by atoms with Crippen LogP contribution in [0.4, 0.5) is 0 Å². The molecule has 0 bridgehead atoms. The summed E-state index contributed by atoms with van der Waals surface area (Å²) >= 11 is 3.34. The predicted molar refractivity (Wildman–Crippen MR) is 74.8 cm³/mol. The molecule has 1 fully saturated rings. The molecule has 1 aliphatic carbocycles. The number of aromatic nitrogens is 2. The minimum absolute atomic E-state index is 0.0481. The standard InChI is InChI=1S/C14H13BrN2O3/c1-8(18)11-6-10(15)4-5-12(11)19-7-13-16-14(20-17-13)9-2-3-9/h4-6,9H,2-3,7H2,1H3. The summed E-state index contributed by atoms with van der Waals surface area (Å²) in [4.78, 5) is 15.9. The van der Waals surface area contributed by atoms with Crippen LogP contribution in [0.5, 0.6) is 5.75 Å². The molecule has 1 saturated carbocycles. The van der Waals surface area contributed by atoms with Gasteiger partial charge in [0, 0.05) is 10.4 Å². The Morgan fingerprint density at radius 1 is 1.50 bits per heavy atom. The number of carbonyl (C=O) groups excluding carboxylic acids is 1. The van der Waals surface area contributed by atoms with E-state index in [0.717, 1.165) is 17.3 Å². The lowest BCUT2D eigenvalue weighted by molar-refractivity contribution is 0.101. The molecule has 5 nitrogen and oxygen atoms in total. The first kappa shape index (κ1) is 13.3. The van der Waals surface area contributed by atoms with Gasteiger partial charge in [-0.15, -0.1) is 0 Å². The van der Waals surface area contributed by atoms with Gasteiger partial charge in [-0.1, -0.05) is 21.1 Å². The molecule has 1 heterocycles. The summed E-state index contributed by atoms with van der Waals surface area (Å²) in [6.45, 7) is 1.70. The largest absolute Gasteiger partial charge is 0.485 e. The third-order valence-electron chi connectivity index (χ3n) is 3.09. The van der Waals surface area contributed by atoms with Gasteiger partial charge in [0.2, 0.25) is 11.7 Å². The van der Waals surface area contributed by atoms with Crippen LogP contribution in [0.15, 0.2) is 27.2 Å². The number of nitrogens with zero attached hydrogens (tertiary/aromatic N) is 2. The van der Waals surface area contributed by atoms with Gasteiger partial charge in [-0.05, 0) is 38.0 Å². The van der Waals surface area contributed by atoms with Gasteiger partial charge >= 0.3 is 0 Å². The summed E-state index contributed by atoms with van der Waals surface area (Å²) in [6, 6.07) is 5.32. The Bertz CT molecular complexity index is 650. The quantitative estimate of drug-likeness (QED) is 0.782. The van der Waals surface area contributed by atoms with E-state index < -0.39 is 0 Å². The molecule has 6 heteroatoms. The number of benzene rings is 1. The average molecular weight is 337 g/mol. The Labute approximate surface area is 124 Å². The van der Waals surface area contributed by atoms with E-state index in [4.69, 9.17) is 9.26 Å². The van der Waals surface area contributed by atoms with Crippen molar-refractivity contribution in [2.75, 3.05) is 0 Å². The Kier molecular flexibility index (Phi) is 3.56. The van der Waals surface area contributed by atoms with Gasteiger partial charge < -0.3 is 9.26 Å². The first-order valence-corrected chi connectivity index (χ1v) is 7.18. The minimum atomic E-state index is -0.0481. The predicted octanol–water partition coefficient (Wildman–Crippen LogP) is 3.49. The zero-order chi connectivity index (χ0) is 14.1. The molecule has 2 aromatic rings. The molecule has 0 N–H and O–H groups in total. The maximum absolute atomic E-state index is 11.6. The number of Topliss-reactive ketones (excluding diaryl/α,β-unsaturated/α-hetero) is 1. The number of rotatable bonds is 5. The highest BCUT2D eigenvalue weighted by Gasteiger charge is 2.29. The molecule has 0 amide bonds. The molecule has 1 aromatic heterocycles. The second-order valence-electron chi connectivity index (χ2n) is 4.81. The van der Waals surface area contributed by atoms with Gasteiger partial charge in [-0.3, -0.25) is 4.79 Å². The molecule has 104 valence electrons. The van der Waals surface area contributed by atoms with E-state index in [1.165, 1.54) is 6.92 Å². The molecule has 1 aliphatic rings. The van der Waals surface area contributed by atoms with E-state index in [1.54, 1.807) is 12.1 Å². The third-order valence-corrected chi connectivity index (χ3v) is 3.58. The maximum Gasteiger partial charge on any atom is 0.229 e. The second kappa shape index (κ2) is 5.36. The summed E-state index contributed by atoms with van der Waals surface area (Å²) in [5.74, 6) is 2.10. The Morgan fingerprint density at radius 2 is 2.30 bits per heavy atom. The monoisotopic (exact) mass is 336 g/mol. The van der Waals surface area contributed by atoms with E-state index in [-0.39, 0.29) is 12.4 Å². The number of ether oxygens (including phenoxy) is 1. The number of halogens is 1. The first-order valence-electron chi connectivity index (χ1n) is 6.39. The number of hydrogen-bond donors (Lipinski definition) is 0. The van der Waals surface area contributed by atoms with Crippen LogP contribution in [-0.4, -0.2) is 15.9 Å². The van der Waals surface area contributed by atoms with Crippen molar-refractivity contribution in [2.45, 2.75) is 32.3 Å². The van der Waals surface area contributed by atoms with Gasteiger partial charge in [0.1, 0.15) is 5.75 Å². The smallest absolute Gasteiger partial charge is 0.229 e. The number of ketones is 1. The van der Waals surface area contributed by atoms with E-state index >= 15 is 0 Å². The lowest BCUT2D eigenvalue weighted by Crippen LogP contribution is -2.03. The van der Waals surface area contributed by atoms with Crippen LogP contribution in [0.2, 0.25) is 0 Å². The molecule has 0 radical (unpaired) electrons. The van der Waals surface area contributed by atoms with Crippen LogP contribution in [0.3, 0.4) is 0 Å². The third kappa shape index (κ3) is 2.90. The fraction of sp³-hybridized carbons (Fsp3) is 0.357. The SMILES string of the molecule is CC(=O)c1cc(Br)ccc1OCc1noc(C2CC2)n1. The van der Waals surface area contributed by atoms with Crippen molar-refractivity contribution < 1.29 is 14.1 Å². The Balaban J connectivity index is 1.72. The van der Waals surface area contributed by atoms with Gasteiger partial charge in [0.05, 0.1) is 5.56 Å². The van der Waals surface area contributed by atoms with E-state index in [0.29, 0.717) is 28.9 Å². The van der Waals surface area contributed by atoms with Crippen molar-refractivity contribution in [3.63, 3.8) is 0 Å². The van der Waals surface area contributed by atoms with Gasteiger partial charge in [-0.2, -0.15) is 4.98 Å². The van der Waals surface area contributed by atoms with Crippen molar-refractivity contribution in [3.05, 3.63) is 40.0 Å². The summed E-state index contributed by atoms with van der Waals surface area (Å²) in [5, 5.41) is 3.88. The highest BCUT2D eigenvalue weighted by Crippen LogP contribution is 2.38. The molecule has 0 saturated heterocycles. The first-order chi connectivity index (χ1) is 9.63. The van der Waals surface area contributed by atoms with Crippen LogP contribution >= 0.6 is 15.9 Å². The summed E-state index contributed by atoms with van der Waals surface area (Å²) in [6.07, 6.45) is 2.23. The van der Waals surface area contributed by atoms with Crippen LogP contribution in [0.1, 0.15) is 47.8 Å². The van der Waals surface area contributed by atoms with Crippen LogP contribution in [0.25, 0.3) is 0 Å². The van der Waals surface area contributed by atoms with Crippen molar-refractivity contribution in [1.29, 1.82) is 0 Å². The van der Waals surface area contributed by atoms with Gasteiger partial charge in [0.25, 0.3) is 0 Å². The average Bonchev–Trinajstić information content (AvgIpc) is 3.17. The highest BCUT2D eigenvalue weighted by molar-refractivity contribution is 9.10. The van der Waals surface area contributed by atoms with Crippen molar-refractivity contribution in [3.8, 4) is 5.75 Å². The molecular formula is C14H13BrN2O3. The lowest BCUT2D eigenvalue weighted by atomic mass is 10.1. The number of carbonyl (C=O) groups is 1. The molecule has 0 aliphatic heterocycles. The van der Waals surface area contributed by atoms with Crippen LogP contribution in [0, 0.1) is 0 Å². The van der Waals surface area contributed by atoms with Crippen molar-refractivity contribution >= 4 is 21.7 Å². The summed E-state index contributed by atoms with van der Waals surface area (Å²) in [7, 11) is 0. The topological polar surface area (TPSA) is 65.2 Å². The zero-order valence-corrected chi connectivity index (χ0v) is 12.5. The van der Waals surface area contributed by atoms with Crippen LogP contribution in [-0.2, 0) is 6.61 Å². The lowest BCUT2D eigenvalue weighted by Gasteiger charge is -2.08. The van der Waals surface area contributed by atoms with E-state index in [2.05, 4.69) is 26.1 Å². The van der Waals surface area contributed by atoms with E-state index in [9.17, 15) is 4.79 Å². The van der Waals surface area contributed by atoms with E-state index in [1.807, 2.05) is 6.07 Å². The molecule has 1 aromatic carbocycles. The Hall–Kier alpha value is -1.69. The van der Waals surface area contributed by atoms with Crippen molar-refractivity contribution in [2.24, 2.45) is 0 Å². The van der Waals surface area contributed by atoms with Crippen molar-refractivity contribution in [1.82, 2.24) is 10.1 Å². The molecule has 20 heavy (non-hydrogen) atoms. The highest BCUT2D eigenvalue weighted by atomic mass is 79.9. The minimum Gasteiger partial charge on any atom is -0.485 e. The molecule has 0 spiro atoms. The molecule has 0 unspecified atom stereocenters.